The molecule has 1 N–H and O–H groups in total. The summed E-state index contributed by atoms with van der Waals surface area (Å²) in [5.41, 5.74) is 2.56. The molecule has 0 aliphatic carbocycles. The molecule has 25 heavy (non-hydrogen) atoms. The Hall–Kier alpha value is -1.14. The molecule has 2 saturated heterocycles. The quantitative estimate of drug-likeness (QED) is 0.827. The summed E-state index contributed by atoms with van der Waals surface area (Å²) in [6.07, 6.45) is 1.69. The van der Waals surface area contributed by atoms with Crippen molar-refractivity contribution in [2.75, 3.05) is 45.1 Å². The number of piperazine rings is 1. The second kappa shape index (κ2) is 8.49. The molecule has 138 valence electrons. The summed E-state index contributed by atoms with van der Waals surface area (Å²) in [5.74, 6) is 0.0835. The maximum atomic E-state index is 11.8. The molecule has 0 spiro atoms. The highest BCUT2D eigenvalue weighted by Crippen LogP contribution is 2.29. The molecule has 3 rings (SSSR count). The number of carbonyl (C=O) groups excluding carboxylic acids is 1. The lowest BCUT2D eigenvalue weighted by Gasteiger charge is -2.45. The third-order valence-corrected chi connectivity index (χ3v) is 5.54. The Bertz CT molecular complexity index is 582. The summed E-state index contributed by atoms with van der Waals surface area (Å²) in [5, 5.41) is 9.86. The largest absolute Gasteiger partial charge is 0.393 e. The van der Waals surface area contributed by atoms with E-state index in [1.54, 1.807) is 0 Å². The first-order chi connectivity index (χ1) is 12.1. The summed E-state index contributed by atoms with van der Waals surface area (Å²) in [7, 11) is 0. The molecule has 0 saturated carbocycles. The van der Waals surface area contributed by atoms with E-state index >= 15 is 0 Å². The average Bonchev–Trinajstić information content (AvgIpc) is 2.63. The molecular weight excluding hydrogens is 338 g/mol. The van der Waals surface area contributed by atoms with Crippen molar-refractivity contribution in [2.45, 2.75) is 32.0 Å². The van der Waals surface area contributed by atoms with Gasteiger partial charge in [0.2, 0.25) is 5.91 Å². The molecule has 0 aromatic heterocycles. The number of carbonyl (C=O) groups is 1. The molecule has 1 unspecified atom stereocenters. The number of likely N-dealkylation sites (tertiary alicyclic amines) is 1. The van der Waals surface area contributed by atoms with E-state index in [1.807, 2.05) is 4.90 Å². The lowest BCUT2D eigenvalue weighted by atomic mass is 10.0. The first kappa shape index (κ1) is 18.6. The zero-order valence-corrected chi connectivity index (χ0v) is 15.7. The van der Waals surface area contributed by atoms with Crippen LogP contribution in [-0.2, 0) is 4.79 Å². The van der Waals surface area contributed by atoms with Gasteiger partial charge >= 0.3 is 0 Å². The Labute approximate surface area is 155 Å². The van der Waals surface area contributed by atoms with Gasteiger partial charge in [-0.3, -0.25) is 14.6 Å². The lowest BCUT2D eigenvalue weighted by molar-refractivity contribution is -0.131. The van der Waals surface area contributed by atoms with Crippen molar-refractivity contribution in [3.8, 4) is 0 Å². The summed E-state index contributed by atoms with van der Waals surface area (Å²) < 4.78 is 0. The van der Waals surface area contributed by atoms with Crippen LogP contribution in [0.15, 0.2) is 24.3 Å². The molecule has 2 heterocycles. The van der Waals surface area contributed by atoms with Gasteiger partial charge in [0, 0.05) is 39.3 Å². The fraction of sp³-hybridized carbons (Fsp3) is 0.632. The molecular formula is C19H28ClN3O2. The van der Waals surface area contributed by atoms with Gasteiger partial charge in [0.1, 0.15) is 5.88 Å². The fourth-order valence-electron chi connectivity index (χ4n) is 3.91. The van der Waals surface area contributed by atoms with Gasteiger partial charge in [-0.15, -0.1) is 11.6 Å². The number of aliphatic hydroxyl groups excluding tert-OH is 1. The number of alkyl halides is 1. The molecule has 0 radical (unpaired) electrons. The molecule has 1 atom stereocenters. The predicted molar refractivity (Wildman–Crippen MR) is 99.6 cm³/mol. The van der Waals surface area contributed by atoms with Crippen molar-refractivity contribution >= 4 is 17.5 Å². The van der Waals surface area contributed by atoms with E-state index in [-0.39, 0.29) is 24.1 Å². The van der Waals surface area contributed by atoms with Crippen LogP contribution in [0.1, 0.15) is 30.1 Å². The number of amides is 1. The van der Waals surface area contributed by atoms with Crippen LogP contribution in [0.25, 0.3) is 0 Å². The highest BCUT2D eigenvalue weighted by atomic mass is 35.5. The maximum absolute atomic E-state index is 11.8. The molecule has 1 aromatic rings. The van der Waals surface area contributed by atoms with Crippen LogP contribution in [0.5, 0.6) is 0 Å². The third kappa shape index (κ3) is 4.53. The van der Waals surface area contributed by atoms with Crippen LogP contribution in [0.2, 0.25) is 0 Å². The molecule has 2 aliphatic rings. The number of aliphatic hydroxyl groups is 1. The van der Waals surface area contributed by atoms with E-state index in [0.717, 1.165) is 52.1 Å². The predicted octanol–water partition coefficient (Wildman–Crippen LogP) is 1.83. The topological polar surface area (TPSA) is 47.0 Å². The van der Waals surface area contributed by atoms with Gasteiger partial charge in [-0.05, 0) is 25.3 Å². The van der Waals surface area contributed by atoms with Gasteiger partial charge in [-0.2, -0.15) is 0 Å². The molecule has 2 aliphatic heterocycles. The molecule has 2 fully saturated rings. The van der Waals surface area contributed by atoms with E-state index in [2.05, 4.69) is 41.0 Å². The summed E-state index contributed by atoms with van der Waals surface area (Å²) in [6.45, 7) is 7.08. The average molecular weight is 366 g/mol. The van der Waals surface area contributed by atoms with Crippen LogP contribution >= 0.6 is 11.6 Å². The maximum Gasteiger partial charge on any atom is 0.237 e. The second-order valence-electron chi connectivity index (χ2n) is 7.11. The fourth-order valence-corrected chi connectivity index (χ4v) is 4.08. The molecule has 1 amide bonds. The number of piperidine rings is 1. The summed E-state index contributed by atoms with van der Waals surface area (Å²) >= 11 is 5.70. The van der Waals surface area contributed by atoms with Crippen molar-refractivity contribution in [1.29, 1.82) is 0 Å². The van der Waals surface area contributed by atoms with Gasteiger partial charge < -0.3 is 10.0 Å². The number of halogens is 1. The van der Waals surface area contributed by atoms with E-state index in [4.69, 9.17) is 11.6 Å². The SMILES string of the molecule is Cc1cccc(C(N2CCC(O)CC2)N2CCN(C(=O)CCl)CC2)c1. The number of rotatable bonds is 4. The van der Waals surface area contributed by atoms with E-state index in [9.17, 15) is 9.90 Å². The van der Waals surface area contributed by atoms with Crippen molar-refractivity contribution in [1.82, 2.24) is 14.7 Å². The Morgan fingerprint density at radius 3 is 2.40 bits per heavy atom. The normalized spacial score (nSPS) is 22.1. The van der Waals surface area contributed by atoms with Gasteiger partial charge in [0.25, 0.3) is 0 Å². The van der Waals surface area contributed by atoms with Crippen LogP contribution in [-0.4, -0.2) is 77.0 Å². The van der Waals surface area contributed by atoms with Crippen molar-refractivity contribution in [3.63, 3.8) is 0 Å². The van der Waals surface area contributed by atoms with E-state index in [0.29, 0.717) is 0 Å². The van der Waals surface area contributed by atoms with E-state index in [1.165, 1.54) is 11.1 Å². The van der Waals surface area contributed by atoms with Crippen molar-refractivity contribution < 1.29 is 9.90 Å². The third-order valence-electron chi connectivity index (χ3n) is 5.31. The van der Waals surface area contributed by atoms with Gasteiger partial charge in [-0.25, -0.2) is 0 Å². The summed E-state index contributed by atoms with van der Waals surface area (Å²) in [6, 6.07) is 8.69. The highest BCUT2D eigenvalue weighted by molar-refractivity contribution is 6.27. The molecule has 1 aromatic carbocycles. The van der Waals surface area contributed by atoms with Crippen LogP contribution in [0.4, 0.5) is 0 Å². The van der Waals surface area contributed by atoms with Crippen LogP contribution < -0.4 is 0 Å². The smallest absolute Gasteiger partial charge is 0.237 e. The second-order valence-corrected chi connectivity index (χ2v) is 7.37. The van der Waals surface area contributed by atoms with Crippen LogP contribution in [0.3, 0.4) is 0 Å². The first-order valence-corrected chi connectivity index (χ1v) is 9.68. The minimum atomic E-state index is -0.174. The minimum Gasteiger partial charge on any atom is -0.393 e. The Morgan fingerprint density at radius 1 is 1.16 bits per heavy atom. The monoisotopic (exact) mass is 365 g/mol. The number of benzene rings is 1. The minimum absolute atomic E-state index is 0.0227. The number of aryl methyl sites for hydroxylation is 1. The van der Waals surface area contributed by atoms with Gasteiger partial charge in [-0.1, -0.05) is 29.8 Å². The number of hydrogen-bond donors (Lipinski definition) is 1. The zero-order valence-electron chi connectivity index (χ0n) is 14.9. The van der Waals surface area contributed by atoms with Gasteiger partial charge in [0.05, 0.1) is 12.3 Å². The van der Waals surface area contributed by atoms with Gasteiger partial charge in [0.15, 0.2) is 0 Å². The van der Waals surface area contributed by atoms with Crippen molar-refractivity contribution in [2.24, 2.45) is 0 Å². The first-order valence-electron chi connectivity index (χ1n) is 9.15. The molecule has 5 nitrogen and oxygen atoms in total. The molecule has 6 heteroatoms. The Balaban J connectivity index is 1.76. The van der Waals surface area contributed by atoms with E-state index < -0.39 is 0 Å². The van der Waals surface area contributed by atoms with Crippen molar-refractivity contribution in [3.05, 3.63) is 35.4 Å². The zero-order chi connectivity index (χ0) is 17.8. The lowest BCUT2D eigenvalue weighted by Crippen LogP contribution is -2.54. The summed E-state index contributed by atoms with van der Waals surface area (Å²) in [4.78, 5) is 18.6. The number of nitrogens with zero attached hydrogens (tertiary/aromatic N) is 3. The highest BCUT2D eigenvalue weighted by Gasteiger charge is 2.32. The molecule has 0 bridgehead atoms. The van der Waals surface area contributed by atoms with Crippen LogP contribution in [0, 0.1) is 6.92 Å². The Kier molecular flexibility index (Phi) is 6.34. The standard InChI is InChI=1S/C19H28ClN3O2/c1-15-3-2-4-16(13-15)19(22-7-5-17(24)6-8-22)23-11-9-21(10-12-23)18(25)14-20/h2-4,13,17,19,24H,5-12,14H2,1H3. The number of hydrogen-bond acceptors (Lipinski definition) is 4. The Morgan fingerprint density at radius 2 is 1.80 bits per heavy atom.